The highest BCUT2D eigenvalue weighted by atomic mass is 16.5. The number of nitriles is 1. The van der Waals surface area contributed by atoms with Gasteiger partial charge in [0.2, 0.25) is 0 Å². The second-order valence-corrected chi connectivity index (χ2v) is 3.65. The second kappa shape index (κ2) is 5.23. The molecule has 1 aromatic carbocycles. The lowest BCUT2D eigenvalue weighted by Gasteiger charge is -2.08. The Morgan fingerprint density at radius 2 is 2.00 bits per heavy atom. The first kappa shape index (κ1) is 12.0. The summed E-state index contributed by atoms with van der Waals surface area (Å²) >= 11 is 0. The molecule has 0 aliphatic heterocycles. The fraction of sp³-hybridized carbons (Fsp3) is 0.231. The van der Waals surface area contributed by atoms with Crippen LogP contribution < -0.4 is 9.47 Å². The predicted molar refractivity (Wildman–Crippen MR) is 66.4 cm³/mol. The average Bonchev–Trinajstić information content (AvgIpc) is 2.87. The standard InChI is InChI=1S/C13H13N3O2/c1-17-12-4-3-10(7-13(12)18-2)11-8-15-16(9-11)6-5-14/h3-4,7-9H,6H2,1-2H3. The molecule has 0 saturated carbocycles. The number of nitrogens with zero attached hydrogens (tertiary/aromatic N) is 3. The number of hydrogen-bond donors (Lipinski definition) is 0. The Morgan fingerprint density at radius 3 is 2.67 bits per heavy atom. The van der Waals surface area contributed by atoms with E-state index in [2.05, 4.69) is 5.10 Å². The summed E-state index contributed by atoms with van der Waals surface area (Å²) in [5.41, 5.74) is 1.91. The van der Waals surface area contributed by atoms with Crippen molar-refractivity contribution in [2.75, 3.05) is 14.2 Å². The van der Waals surface area contributed by atoms with Crippen LogP contribution in [-0.2, 0) is 6.54 Å². The number of benzene rings is 1. The zero-order valence-corrected chi connectivity index (χ0v) is 10.3. The van der Waals surface area contributed by atoms with E-state index in [4.69, 9.17) is 14.7 Å². The number of rotatable bonds is 4. The number of methoxy groups -OCH3 is 2. The minimum absolute atomic E-state index is 0.243. The van der Waals surface area contributed by atoms with Crippen LogP contribution in [0.4, 0.5) is 0 Å². The predicted octanol–water partition coefficient (Wildman–Crippen LogP) is 2.09. The number of ether oxygens (including phenoxy) is 2. The molecule has 0 N–H and O–H groups in total. The van der Waals surface area contributed by atoms with Crippen molar-refractivity contribution >= 4 is 0 Å². The first-order valence-corrected chi connectivity index (χ1v) is 5.40. The number of aromatic nitrogens is 2. The molecule has 0 unspecified atom stereocenters. The molecule has 2 rings (SSSR count). The van der Waals surface area contributed by atoms with Crippen LogP contribution in [0, 0.1) is 11.3 Å². The summed E-state index contributed by atoms with van der Waals surface area (Å²) in [7, 11) is 3.20. The van der Waals surface area contributed by atoms with Crippen molar-refractivity contribution in [2.45, 2.75) is 6.54 Å². The highest BCUT2D eigenvalue weighted by Crippen LogP contribution is 2.31. The first-order chi connectivity index (χ1) is 8.78. The molecule has 0 atom stereocenters. The Kier molecular flexibility index (Phi) is 3.49. The molecule has 18 heavy (non-hydrogen) atoms. The summed E-state index contributed by atoms with van der Waals surface area (Å²) in [6.45, 7) is 0.243. The fourth-order valence-electron chi connectivity index (χ4n) is 1.69. The molecule has 92 valence electrons. The normalized spacial score (nSPS) is 9.83. The Bertz CT molecular complexity index is 584. The Hall–Kier alpha value is -2.48. The second-order valence-electron chi connectivity index (χ2n) is 3.65. The lowest BCUT2D eigenvalue weighted by atomic mass is 10.1. The molecule has 0 bridgehead atoms. The van der Waals surface area contributed by atoms with Gasteiger partial charge in [-0.05, 0) is 17.7 Å². The SMILES string of the molecule is COc1ccc(-c2cnn(CC#N)c2)cc1OC. The van der Waals surface area contributed by atoms with Gasteiger partial charge in [0.1, 0.15) is 6.54 Å². The first-order valence-electron chi connectivity index (χ1n) is 5.40. The minimum atomic E-state index is 0.243. The van der Waals surface area contributed by atoms with Crippen LogP contribution in [0.25, 0.3) is 11.1 Å². The molecule has 0 fully saturated rings. The molecule has 1 heterocycles. The zero-order valence-electron chi connectivity index (χ0n) is 10.3. The van der Waals surface area contributed by atoms with Gasteiger partial charge in [0.15, 0.2) is 11.5 Å². The molecule has 5 nitrogen and oxygen atoms in total. The summed E-state index contributed by atoms with van der Waals surface area (Å²) < 4.78 is 12.0. The fourth-order valence-corrected chi connectivity index (χ4v) is 1.69. The maximum atomic E-state index is 8.60. The van der Waals surface area contributed by atoms with Crippen LogP contribution in [0.2, 0.25) is 0 Å². The van der Waals surface area contributed by atoms with E-state index in [-0.39, 0.29) is 6.54 Å². The highest BCUT2D eigenvalue weighted by Gasteiger charge is 2.07. The van der Waals surface area contributed by atoms with Gasteiger partial charge in [-0.1, -0.05) is 6.07 Å². The van der Waals surface area contributed by atoms with Crippen LogP contribution in [0.3, 0.4) is 0 Å². The van der Waals surface area contributed by atoms with Crippen molar-refractivity contribution < 1.29 is 9.47 Å². The van der Waals surface area contributed by atoms with Gasteiger partial charge in [-0.15, -0.1) is 0 Å². The van der Waals surface area contributed by atoms with E-state index in [1.165, 1.54) is 0 Å². The van der Waals surface area contributed by atoms with Gasteiger partial charge in [0, 0.05) is 11.8 Å². The third kappa shape index (κ3) is 2.28. The van der Waals surface area contributed by atoms with Crippen LogP contribution in [0.5, 0.6) is 11.5 Å². The highest BCUT2D eigenvalue weighted by molar-refractivity contribution is 5.65. The topological polar surface area (TPSA) is 60.1 Å². The molecule has 2 aromatic rings. The molecule has 5 heteroatoms. The molecule has 0 aliphatic rings. The van der Waals surface area contributed by atoms with E-state index in [1.54, 1.807) is 25.1 Å². The largest absolute Gasteiger partial charge is 0.493 e. The van der Waals surface area contributed by atoms with Gasteiger partial charge in [0.05, 0.1) is 26.5 Å². The van der Waals surface area contributed by atoms with Gasteiger partial charge >= 0.3 is 0 Å². The van der Waals surface area contributed by atoms with E-state index in [1.807, 2.05) is 30.5 Å². The monoisotopic (exact) mass is 243 g/mol. The molecule has 0 saturated heterocycles. The van der Waals surface area contributed by atoms with Gasteiger partial charge in [0.25, 0.3) is 0 Å². The van der Waals surface area contributed by atoms with Gasteiger partial charge in [-0.3, -0.25) is 4.68 Å². The van der Waals surface area contributed by atoms with Crippen molar-refractivity contribution in [3.8, 4) is 28.7 Å². The molecule has 0 aliphatic carbocycles. The third-order valence-corrected chi connectivity index (χ3v) is 2.58. The molecule has 0 spiro atoms. The van der Waals surface area contributed by atoms with E-state index < -0.39 is 0 Å². The smallest absolute Gasteiger partial charge is 0.161 e. The molecule has 0 radical (unpaired) electrons. The van der Waals surface area contributed by atoms with Gasteiger partial charge < -0.3 is 9.47 Å². The number of hydrogen-bond acceptors (Lipinski definition) is 4. The molecule has 0 amide bonds. The quantitative estimate of drug-likeness (QED) is 0.825. The van der Waals surface area contributed by atoms with Crippen LogP contribution in [0.15, 0.2) is 30.6 Å². The summed E-state index contributed by atoms with van der Waals surface area (Å²) in [6.07, 6.45) is 3.54. The van der Waals surface area contributed by atoms with Crippen LogP contribution in [-0.4, -0.2) is 24.0 Å². The lowest BCUT2D eigenvalue weighted by molar-refractivity contribution is 0.355. The van der Waals surface area contributed by atoms with Gasteiger partial charge in [-0.25, -0.2) is 0 Å². The van der Waals surface area contributed by atoms with E-state index >= 15 is 0 Å². The molecule has 1 aromatic heterocycles. The summed E-state index contributed by atoms with van der Waals surface area (Å²) in [5, 5.41) is 12.7. The summed E-state index contributed by atoms with van der Waals surface area (Å²) in [4.78, 5) is 0. The van der Waals surface area contributed by atoms with Gasteiger partial charge in [-0.2, -0.15) is 10.4 Å². The van der Waals surface area contributed by atoms with Crippen molar-refractivity contribution in [1.82, 2.24) is 9.78 Å². The lowest BCUT2D eigenvalue weighted by Crippen LogP contribution is -1.94. The van der Waals surface area contributed by atoms with Crippen molar-refractivity contribution in [1.29, 1.82) is 5.26 Å². The van der Waals surface area contributed by atoms with Crippen molar-refractivity contribution in [3.05, 3.63) is 30.6 Å². The van der Waals surface area contributed by atoms with Crippen molar-refractivity contribution in [3.63, 3.8) is 0 Å². The minimum Gasteiger partial charge on any atom is -0.493 e. The van der Waals surface area contributed by atoms with Crippen LogP contribution >= 0.6 is 0 Å². The maximum absolute atomic E-state index is 8.60. The average molecular weight is 243 g/mol. The van der Waals surface area contributed by atoms with Crippen molar-refractivity contribution in [2.24, 2.45) is 0 Å². The van der Waals surface area contributed by atoms with Crippen LogP contribution in [0.1, 0.15) is 0 Å². The zero-order chi connectivity index (χ0) is 13.0. The van der Waals surface area contributed by atoms with E-state index in [9.17, 15) is 0 Å². The Morgan fingerprint density at radius 1 is 1.22 bits per heavy atom. The summed E-state index contributed by atoms with van der Waals surface area (Å²) in [6, 6.07) is 7.70. The Balaban J connectivity index is 2.35. The molecular weight excluding hydrogens is 230 g/mol. The Labute approximate surface area is 105 Å². The summed E-state index contributed by atoms with van der Waals surface area (Å²) in [5.74, 6) is 1.36. The maximum Gasteiger partial charge on any atom is 0.161 e. The molecular formula is C13H13N3O2. The van der Waals surface area contributed by atoms with E-state index in [0.717, 1.165) is 11.1 Å². The van der Waals surface area contributed by atoms with E-state index in [0.29, 0.717) is 11.5 Å². The third-order valence-electron chi connectivity index (χ3n) is 2.58.